The van der Waals surface area contributed by atoms with Crippen molar-refractivity contribution in [1.29, 1.82) is 0 Å². The number of carbonyl (C=O) groups excluding carboxylic acids is 2. The van der Waals surface area contributed by atoms with Gasteiger partial charge in [0.05, 0.1) is 18.9 Å². The molecule has 1 N–H and O–H groups in total. The van der Waals surface area contributed by atoms with Gasteiger partial charge in [-0.2, -0.15) is 0 Å². The minimum Gasteiger partial charge on any atom is -0.316 e. The number of hydrogen-bond donors (Lipinski definition) is 1. The van der Waals surface area contributed by atoms with Gasteiger partial charge in [0, 0.05) is 5.56 Å². The lowest BCUT2D eigenvalue weighted by atomic mass is 9.85. The second kappa shape index (κ2) is 6.05. The van der Waals surface area contributed by atoms with Crippen molar-refractivity contribution in [2.24, 2.45) is 11.8 Å². The average molecular weight is 299 g/mol. The van der Waals surface area contributed by atoms with E-state index in [9.17, 15) is 9.59 Å². The number of aryl methyl sites for hydroxylation is 1. The fourth-order valence-electron chi connectivity index (χ4n) is 3.48. The summed E-state index contributed by atoms with van der Waals surface area (Å²) < 4.78 is 0. The second-order valence-corrected chi connectivity index (χ2v) is 6.48. The summed E-state index contributed by atoms with van der Waals surface area (Å²) >= 11 is 0. The molecular weight excluding hydrogens is 276 g/mol. The van der Waals surface area contributed by atoms with Gasteiger partial charge in [-0.25, -0.2) is 4.90 Å². The zero-order chi connectivity index (χ0) is 15.7. The molecule has 1 aliphatic heterocycles. The van der Waals surface area contributed by atoms with Crippen LogP contribution in [0.4, 0.5) is 0 Å². The van der Waals surface area contributed by atoms with Crippen molar-refractivity contribution in [2.45, 2.75) is 26.3 Å². The highest BCUT2D eigenvalue weighted by Gasteiger charge is 2.48. The molecule has 0 saturated carbocycles. The first kappa shape index (κ1) is 15.0. The average Bonchev–Trinajstić information content (AvgIpc) is 2.75. The molecule has 1 aromatic rings. The third kappa shape index (κ3) is 2.71. The van der Waals surface area contributed by atoms with Crippen molar-refractivity contribution < 1.29 is 14.5 Å². The summed E-state index contributed by atoms with van der Waals surface area (Å²) in [7, 11) is 2.03. The number of nitrogens with zero attached hydrogens (tertiary/aromatic N) is 1. The molecular formula is C18H23N2O2+. The van der Waals surface area contributed by atoms with Gasteiger partial charge in [0.15, 0.2) is 6.67 Å². The molecule has 1 heterocycles. The van der Waals surface area contributed by atoms with Crippen molar-refractivity contribution in [3.05, 3.63) is 47.5 Å². The first-order valence-corrected chi connectivity index (χ1v) is 7.94. The maximum Gasteiger partial charge on any atom is 0.237 e. The maximum atomic E-state index is 12.5. The Morgan fingerprint density at radius 2 is 1.68 bits per heavy atom. The van der Waals surface area contributed by atoms with E-state index in [1.54, 1.807) is 0 Å². The monoisotopic (exact) mass is 299 g/mol. The summed E-state index contributed by atoms with van der Waals surface area (Å²) in [5.41, 5.74) is 2.51. The summed E-state index contributed by atoms with van der Waals surface area (Å²) in [6, 6.07) is 8.26. The Hall–Kier alpha value is -1.94. The summed E-state index contributed by atoms with van der Waals surface area (Å²) in [5, 5.41) is 0. The van der Waals surface area contributed by atoms with Gasteiger partial charge in [0.25, 0.3) is 0 Å². The number of fused-ring (bicyclic) bond motifs is 1. The summed E-state index contributed by atoms with van der Waals surface area (Å²) in [4.78, 5) is 27.6. The largest absolute Gasteiger partial charge is 0.316 e. The number of allylic oxidation sites excluding steroid dienone is 2. The Bertz CT molecular complexity index is 597. The number of likely N-dealkylation sites (tertiary alicyclic amines) is 1. The molecule has 116 valence electrons. The number of hydrogen-bond acceptors (Lipinski definition) is 2. The predicted octanol–water partition coefficient (Wildman–Crippen LogP) is 0.918. The van der Waals surface area contributed by atoms with E-state index in [-0.39, 0.29) is 23.7 Å². The zero-order valence-electron chi connectivity index (χ0n) is 13.2. The van der Waals surface area contributed by atoms with E-state index in [1.165, 1.54) is 16.0 Å². The first-order chi connectivity index (χ1) is 10.6. The van der Waals surface area contributed by atoms with Crippen LogP contribution in [-0.4, -0.2) is 30.4 Å². The van der Waals surface area contributed by atoms with Crippen LogP contribution in [0, 0.1) is 18.8 Å². The number of carbonyl (C=O) groups is 2. The minimum atomic E-state index is -0.122. The molecule has 1 aliphatic carbocycles. The van der Waals surface area contributed by atoms with Crippen LogP contribution in [-0.2, 0) is 16.1 Å². The van der Waals surface area contributed by atoms with E-state index in [4.69, 9.17) is 0 Å². The Balaban J connectivity index is 1.67. The third-order valence-electron chi connectivity index (χ3n) is 4.78. The molecule has 1 saturated heterocycles. The van der Waals surface area contributed by atoms with Crippen molar-refractivity contribution in [2.75, 3.05) is 13.7 Å². The molecule has 3 rings (SSSR count). The Labute approximate surface area is 131 Å². The zero-order valence-corrected chi connectivity index (χ0v) is 13.2. The van der Waals surface area contributed by atoms with Gasteiger partial charge in [0.1, 0.15) is 6.54 Å². The van der Waals surface area contributed by atoms with Gasteiger partial charge < -0.3 is 4.90 Å². The molecule has 1 unspecified atom stereocenters. The van der Waals surface area contributed by atoms with Gasteiger partial charge in [-0.1, -0.05) is 36.4 Å². The molecule has 2 amide bonds. The fourth-order valence-corrected chi connectivity index (χ4v) is 3.48. The first-order valence-electron chi connectivity index (χ1n) is 7.94. The van der Waals surface area contributed by atoms with Crippen LogP contribution in [0.2, 0.25) is 0 Å². The number of imide groups is 1. The van der Waals surface area contributed by atoms with Crippen LogP contribution in [0.3, 0.4) is 0 Å². The molecule has 1 fully saturated rings. The van der Waals surface area contributed by atoms with Crippen molar-refractivity contribution in [3.63, 3.8) is 0 Å². The highest BCUT2D eigenvalue weighted by molar-refractivity contribution is 6.05. The number of rotatable bonds is 4. The fraction of sp³-hybridized carbons (Fsp3) is 0.444. The molecule has 4 nitrogen and oxygen atoms in total. The van der Waals surface area contributed by atoms with Gasteiger partial charge >= 0.3 is 0 Å². The molecule has 2 aliphatic rings. The number of quaternary nitrogens is 1. The smallest absolute Gasteiger partial charge is 0.237 e. The molecule has 3 atom stereocenters. The predicted molar refractivity (Wildman–Crippen MR) is 83.8 cm³/mol. The van der Waals surface area contributed by atoms with Crippen LogP contribution in [0.15, 0.2) is 36.4 Å². The van der Waals surface area contributed by atoms with E-state index in [2.05, 4.69) is 19.1 Å². The molecule has 0 bridgehead atoms. The Morgan fingerprint density at radius 3 is 2.27 bits per heavy atom. The lowest BCUT2D eigenvalue weighted by Gasteiger charge is -2.21. The summed E-state index contributed by atoms with van der Waals surface area (Å²) in [6.07, 6.45) is 5.48. The second-order valence-electron chi connectivity index (χ2n) is 6.48. The molecule has 22 heavy (non-hydrogen) atoms. The molecule has 0 radical (unpaired) electrons. The molecule has 1 aromatic carbocycles. The number of nitrogens with one attached hydrogen (secondary N) is 1. The lowest BCUT2D eigenvalue weighted by Crippen LogP contribution is -3.09. The lowest BCUT2D eigenvalue weighted by molar-refractivity contribution is -0.901. The normalized spacial score (nSPS) is 25.5. The van der Waals surface area contributed by atoms with Crippen LogP contribution >= 0.6 is 0 Å². The minimum absolute atomic E-state index is 0.0171. The number of benzene rings is 1. The van der Waals surface area contributed by atoms with Crippen LogP contribution in [0.25, 0.3) is 0 Å². The SMILES string of the molecule is Cc1ccccc1C[NH+](C)CN1C(=O)[C@H]2CC=CC[C@@H]2C1=O. The van der Waals surface area contributed by atoms with Crippen molar-refractivity contribution in [1.82, 2.24) is 4.90 Å². The van der Waals surface area contributed by atoms with Gasteiger partial charge in [-0.3, -0.25) is 9.59 Å². The van der Waals surface area contributed by atoms with Gasteiger partial charge in [0.2, 0.25) is 11.8 Å². The number of amides is 2. The van der Waals surface area contributed by atoms with Crippen molar-refractivity contribution in [3.8, 4) is 0 Å². The molecule has 0 spiro atoms. The quantitative estimate of drug-likeness (QED) is 0.663. The molecule has 0 aromatic heterocycles. The Kier molecular flexibility index (Phi) is 4.12. The molecule has 4 heteroatoms. The van der Waals surface area contributed by atoms with Crippen LogP contribution in [0.1, 0.15) is 24.0 Å². The standard InChI is InChI=1S/C18H22N2O2/c1-13-7-3-4-8-14(13)11-19(2)12-20-17(21)15-9-5-6-10-16(15)18(20)22/h3-8,15-16H,9-12H2,1-2H3/p+1/t15-,16-/m0/s1. The highest BCUT2D eigenvalue weighted by atomic mass is 16.2. The summed E-state index contributed by atoms with van der Waals surface area (Å²) in [5.74, 6) is -0.209. The van der Waals surface area contributed by atoms with E-state index in [0.717, 1.165) is 11.4 Å². The maximum absolute atomic E-state index is 12.5. The Morgan fingerprint density at radius 1 is 1.09 bits per heavy atom. The van der Waals surface area contributed by atoms with Crippen LogP contribution < -0.4 is 4.90 Å². The van der Waals surface area contributed by atoms with E-state index < -0.39 is 0 Å². The van der Waals surface area contributed by atoms with E-state index in [1.807, 2.05) is 31.3 Å². The van der Waals surface area contributed by atoms with E-state index >= 15 is 0 Å². The summed E-state index contributed by atoms with van der Waals surface area (Å²) in [6.45, 7) is 3.37. The van der Waals surface area contributed by atoms with Gasteiger partial charge in [-0.15, -0.1) is 0 Å². The highest BCUT2D eigenvalue weighted by Crippen LogP contribution is 2.34. The van der Waals surface area contributed by atoms with Crippen LogP contribution in [0.5, 0.6) is 0 Å². The topological polar surface area (TPSA) is 41.8 Å². The van der Waals surface area contributed by atoms with E-state index in [0.29, 0.717) is 19.5 Å². The van der Waals surface area contributed by atoms with Gasteiger partial charge in [-0.05, 0) is 25.3 Å². The third-order valence-corrected chi connectivity index (χ3v) is 4.78. The van der Waals surface area contributed by atoms with Crippen molar-refractivity contribution >= 4 is 11.8 Å².